The SMILES string of the molecule is C=CCC1(O[Si](C)(C)C)C(=O)C(C#CCCCC)=C1C. The van der Waals surface area contributed by atoms with E-state index in [4.69, 9.17) is 4.43 Å². The molecular weight excluding hydrogens is 264 g/mol. The predicted octanol–water partition coefficient (Wildman–Crippen LogP) is 4.25. The summed E-state index contributed by atoms with van der Waals surface area (Å²) in [7, 11) is -1.81. The van der Waals surface area contributed by atoms with Crippen molar-refractivity contribution in [2.75, 3.05) is 0 Å². The summed E-state index contributed by atoms with van der Waals surface area (Å²) >= 11 is 0. The summed E-state index contributed by atoms with van der Waals surface area (Å²) in [6.45, 7) is 14.2. The van der Waals surface area contributed by atoms with Gasteiger partial charge >= 0.3 is 0 Å². The lowest BCUT2D eigenvalue weighted by molar-refractivity contribution is -0.131. The van der Waals surface area contributed by atoms with Gasteiger partial charge in [-0.25, -0.2) is 0 Å². The van der Waals surface area contributed by atoms with Crippen LogP contribution in [0.2, 0.25) is 19.6 Å². The van der Waals surface area contributed by atoms with E-state index < -0.39 is 13.9 Å². The second kappa shape index (κ2) is 6.56. The maximum absolute atomic E-state index is 12.5. The summed E-state index contributed by atoms with van der Waals surface area (Å²) in [4.78, 5) is 12.5. The van der Waals surface area contributed by atoms with Crippen LogP contribution in [0.5, 0.6) is 0 Å². The van der Waals surface area contributed by atoms with Crippen molar-refractivity contribution in [3.05, 3.63) is 23.8 Å². The molecule has 0 N–H and O–H groups in total. The van der Waals surface area contributed by atoms with Gasteiger partial charge in [-0.15, -0.1) is 6.58 Å². The maximum atomic E-state index is 12.5. The molecule has 0 heterocycles. The van der Waals surface area contributed by atoms with Crippen molar-refractivity contribution >= 4 is 14.1 Å². The predicted molar refractivity (Wildman–Crippen MR) is 87.0 cm³/mol. The van der Waals surface area contributed by atoms with E-state index in [-0.39, 0.29) is 5.78 Å². The molecular formula is C17H26O2Si. The van der Waals surface area contributed by atoms with Crippen LogP contribution in [0.25, 0.3) is 0 Å². The number of ketones is 1. The highest BCUT2D eigenvalue weighted by molar-refractivity contribution is 6.70. The molecule has 0 aromatic carbocycles. The molecule has 0 spiro atoms. The average Bonchev–Trinajstić information content (AvgIpc) is 2.36. The van der Waals surface area contributed by atoms with E-state index in [1.54, 1.807) is 6.08 Å². The first-order valence-corrected chi connectivity index (χ1v) is 10.8. The summed E-state index contributed by atoms with van der Waals surface area (Å²) in [5.74, 6) is 6.17. The number of carbonyl (C=O) groups excluding carboxylic acids is 1. The lowest BCUT2D eigenvalue weighted by atomic mass is 9.71. The molecule has 0 bridgehead atoms. The van der Waals surface area contributed by atoms with Gasteiger partial charge in [0.1, 0.15) is 5.60 Å². The fourth-order valence-electron chi connectivity index (χ4n) is 2.38. The number of hydrogen-bond donors (Lipinski definition) is 0. The van der Waals surface area contributed by atoms with Crippen molar-refractivity contribution in [1.82, 2.24) is 0 Å². The Labute approximate surface area is 124 Å². The zero-order valence-electron chi connectivity index (χ0n) is 13.4. The Morgan fingerprint density at radius 2 is 2.05 bits per heavy atom. The molecule has 0 radical (unpaired) electrons. The van der Waals surface area contributed by atoms with E-state index in [1.807, 2.05) is 6.92 Å². The normalized spacial score (nSPS) is 22.1. The maximum Gasteiger partial charge on any atom is 0.206 e. The Morgan fingerprint density at radius 3 is 2.50 bits per heavy atom. The third kappa shape index (κ3) is 3.50. The van der Waals surface area contributed by atoms with Crippen LogP contribution in [-0.2, 0) is 9.22 Å². The molecule has 0 aliphatic heterocycles. The summed E-state index contributed by atoms with van der Waals surface area (Å²) < 4.78 is 6.18. The molecule has 0 saturated heterocycles. The third-order valence-electron chi connectivity index (χ3n) is 3.36. The monoisotopic (exact) mass is 290 g/mol. The fourth-order valence-corrected chi connectivity index (χ4v) is 3.76. The van der Waals surface area contributed by atoms with Gasteiger partial charge in [0.2, 0.25) is 5.78 Å². The first-order valence-electron chi connectivity index (χ1n) is 7.34. The van der Waals surface area contributed by atoms with Crippen molar-refractivity contribution in [1.29, 1.82) is 0 Å². The molecule has 0 amide bonds. The molecule has 1 aliphatic rings. The Balaban J connectivity index is 3.00. The lowest BCUT2D eigenvalue weighted by Gasteiger charge is -2.44. The lowest BCUT2D eigenvalue weighted by Crippen LogP contribution is -2.56. The molecule has 0 aromatic heterocycles. The second-order valence-electron chi connectivity index (χ2n) is 6.27. The summed E-state index contributed by atoms with van der Waals surface area (Å²) in [5.41, 5.74) is 0.857. The van der Waals surface area contributed by atoms with E-state index >= 15 is 0 Å². The topological polar surface area (TPSA) is 26.3 Å². The molecule has 20 heavy (non-hydrogen) atoms. The summed E-state index contributed by atoms with van der Waals surface area (Å²) in [6, 6.07) is 0. The second-order valence-corrected chi connectivity index (χ2v) is 10.7. The largest absolute Gasteiger partial charge is 0.401 e. The molecule has 1 atom stereocenters. The fraction of sp³-hybridized carbons (Fsp3) is 0.588. The molecule has 1 rings (SSSR count). The van der Waals surface area contributed by atoms with Crippen LogP contribution in [0.15, 0.2) is 23.8 Å². The minimum Gasteiger partial charge on any atom is -0.401 e. The Kier molecular flexibility index (Phi) is 5.56. The highest BCUT2D eigenvalue weighted by Crippen LogP contribution is 2.42. The number of rotatable bonds is 6. The van der Waals surface area contributed by atoms with Gasteiger partial charge in [0.05, 0.1) is 5.57 Å². The highest BCUT2D eigenvalue weighted by Gasteiger charge is 2.53. The van der Waals surface area contributed by atoms with Crippen molar-refractivity contribution in [2.24, 2.45) is 0 Å². The number of Topliss-reactive ketones (excluding diaryl/α,β-unsaturated/α-hetero) is 1. The smallest absolute Gasteiger partial charge is 0.206 e. The van der Waals surface area contributed by atoms with Gasteiger partial charge in [-0.1, -0.05) is 31.3 Å². The molecule has 3 heteroatoms. The number of unbranched alkanes of at least 4 members (excludes halogenated alkanes) is 2. The van der Waals surface area contributed by atoms with Gasteiger partial charge in [-0.3, -0.25) is 4.79 Å². The van der Waals surface area contributed by atoms with Crippen molar-refractivity contribution in [3.63, 3.8) is 0 Å². The Bertz CT molecular complexity index is 485. The molecule has 2 nitrogen and oxygen atoms in total. The van der Waals surface area contributed by atoms with Gasteiger partial charge < -0.3 is 4.43 Å². The first kappa shape index (κ1) is 16.9. The van der Waals surface area contributed by atoms with Crippen molar-refractivity contribution in [2.45, 2.75) is 64.8 Å². The van der Waals surface area contributed by atoms with Gasteiger partial charge in [-0.05, 0) is 38.6 Å². The standard InChI is InChI=1S/C17H26O2Si/c1-7-9-10-11-12-15-14(3)17(13-8-2,16(15)18)19-20(4,5)6/h8H,2,7,9-10,13H2,1,3-6H3. The van der Waals surface area contributed by atoms with E-state index in [0.717, 1.165) is 24.8 Å². The molecule has 1 unspecified atom stereocenters. The minimum atomic E-state index is -1.81. The van der Waals surface area contributed by atoms with Gasteiger partial charge in [-0.2, -0.15) is 0 Å². The zero-order chi connectivity index (χ0) is 15.4. The number of hydrogen-bond acceptors (Lipinski definition) is 2. The third-order valence-corrected chi connectivity index (χ3v) is 4.32. The molecule has 1 aliphatic carbocycles. The van der Waals surface area contributed by atoms with E-state index in [9.17, 15) is 4.79 Å². The molecule has 0 saturated carbocycles. The number of carbonyl (C=O) groups is 1. The van der Waals surface area contributed by atoms with Gasteiger partial charge in [0.15, 0.2) is 8.32 Å². The van der Waals surface area contributed by atoms with E-state index in [1.165, 1.54) is 0 Å². The van der Waals surface area contributed by atoms with Crippen LogP contribution in [0.3, 0.4) is 0 Å². The first-order chi connectivity index (χ1) is 9.28. The molecule has 110 valence electrons. The highest BCUT2D eigenvalue weighted by atomic mass is 28.4. The van der Waals surface area contributed by atoms with E-state index in [2.05, 4.69) is 45.0 Å². The van der Waals surface area contributed by atoms with Crippen LogP contribution in [0.1, 0.15) is 39.5 Å². The Hall–Kier alpha value is -1.11. The summed E-state index contributed by atoms with van der Waals surface area (Å²) in [5, 5.41) is 0. The van der Waals surface area contributed by atoms with Crippen molar-refractivity contribution in [3.8, 4) is 11.8 Å². The van der Waals surface area contributed by atoms with Gasteiger partial charge in [0, 0.05) is 12.8 Å². The Morgan fingerprint density at radius 1 is 1.40 bits per heavy atom. The van der Waals surface area contributed by atoms with Crippen LogP contribution >= 0.6 is 0 Å². The minimum absolute atomic E-state index is 0.0429. The van der Waals surface area contributed by atoms with E-state index in [0.29, 0.717) is 12.0 Å². The van der Waals surface area contributed by atoms with Crippen LogP contribution in [0, 0.1) is 11.8 Å². The van der Waals surface area contributed by atoms with Crippen molar-refractivity contribution < 1.29 is 9.22 Å². The zero-order valence-corrected chi connectivity index (χ0v) is 14.4. The molecule has 0 aromatic rings. The van der Waals surface area contributed by atoms with Crippen LogP contribution in [0.4, 0.5) is 0 Å². The quantitative estimate of drug-likeness (QED) is 0.316. The summed E-state index contributed by atoms with van der Waals surface area (Å²) in [6.07, 6.45) is 5.37. The van der Waals surface area contributed by atoms with Gasteiger partial charge in [0.25, 0.3) is 0 Å². The van der Waals surface area contributed by atoms with Crippen LogP contribution < -0.4 is 0 Å². The average molecular weight is 290 g/mol. The van der Waals surface area contributed by atoms with Crippen LogP contribution in [-0.4, -0.2) is 19.7 Å². The molecule has 0 fully saturated rings.